The molecule has 2 aromatic rings. The number of hydrazine groups is 1. The van der Waals surface area contributed by atoms with E-state index in [0.717, 1.165) is 12.1 Å². The van der Waals surface area contributed by atoms with Crippen LogP contribution in [0.3, 0.4) is 0 Å². The smallest absolute Gasteiger partial charge is 0.281 e. The molecule has 0 aliphatic heterocycles. The second-order valence-corrected chi connectivity index (χ2v) is 3.53. The van der Waals surface area contributed by atoms with Crippen molar-refractivity contribution in [2.24, 2.45) is 5.84 Å². The first-order valence-electron chi connectivity index (χ1n) is 5.02. The number of nitrogen functional groups attached to an aromatic ring is 1. The molecule has 0 radical (unpaired) electrons. The van der Waals surface area contributed by atoms with Crippen LogP contribution in [0.15, 0.2) is 42.5 Å². The van der Waals surface area contributed by atoms with Gasteiger partial charge in [-0.15, -0.1) is 0 Å². The molecule has 0 atom stereocenters. The number of benzene rings is 1. The molecule has 4 N–H and O–H groups in total. The number of carbonyl (C=O) groups excluding carboxylic acids is 1. The predicted molar refractivity (Wildman–Crippen MR) is 61.7 cm³/mol. The number of amides is 1. The van der Waals surface area contributed by atoms with Gasteiger partial charge in [0.05, 0.1) is 0 Å². The van der Waals surface area contributed by atoms with Crippen LogP contribution in [0.25, 0.3) is 0 Å². The van der Waals surface area contributed by atoms with Crippen molar-refractivity contribution in [3.63, 3.8) is 0 Å². The van der Waals surface area contributed by atoms with Gasteiger partial charge in [-0.3, -0.25) is 10.2 Å². The van der Waals surface area contributed by atoms with E-state index in [9.17, 15) is 4.79 Å². The minimum atomic E-state index is -0.306. The Morgan fingerprint density at radius 3 is 2.62 bits per heavy atom. The first-order chi connectivity index (χ1) is 7.79. The molecule has 82 valence electrons. The number of aromatic nitrogens is 1. The normalized spacial score (nSPS) is 10.1. The molecular weight excluding hydrogens is 202 g/mol. The number of rotatable bonds is 3. The van der Waals surface area contributed by atoms with E-state index in [1.165, 1.54) is 5.56 Å². The summed E-state index contributed by atoms with van der Waals surface area (Å²) in [6, 6.07) is 13.7. The molecular formula is C12H13N3O. The molecule has 0 spiro atoms. The zero-order valence-electron chi connectivity index (χ0n) is 8.73. The summed E-state index contributed by atoms with van der Waals surface area (Å²) >= 11 is 0. The summed E-state index contributed by atoms with van der Waals surface area (Å²) in [6.45, 7) is 0. The summed E-state index contributed by atoms with van der Waals surface area (Å²) in [5, 5.41) is 0. The third-order valence-corrected chi connectivity index (χ3v) is 2.36. The van der Waals surface area contributed by atoms with Crippen LogP contribution in [0.4, 0.5) is 0 Å². The average Bonchev–Trinajstić information content (AvgIpc) is 2.78. The van der Waals surface area contributed by atoms with Gasteiger partial charge in [0.15, 0.2) is 0 Å². The Morgan fingerprint density at radius 1 is 1.19 bits per heavy atom. The second-order valence-electron chi connectivity index (χ2n) is 3.53. The van der Waals surface area contributed by atoms with Gasteiger partial charge < -0.3 is 4.98 Å². The average molecular weight is 215 g/mol. The van der Waals surface area contributed by atoms with Crippen molar-refractivity contribution in [2.75, 3.05) is 0 Å². The standard InChI is InChI=1S/C12H13N3O/c13-15-12(16)11-7-6-10(14-11)8-9-4-2-1-3-5-9/h1-7,14H,8,13H2,(H,15,16). The lowest BCUT2D eigenvalue weighted by atomic mass is 10.1. The molecule has 0 aliphatic carbocycles. The molecule has 0 unspecified atom stereocenters. The molecule has 2 rings (SSSR count). The summed E-state index contributed by atoms with van der Waals surface area (Å²) in [6.07, 6.45) is 0.776. The van der Waals surface area contributed by atoms with E-state index >= 15 is 0 Å². The molecule has 0 fully saturated rings. The quantitative estimate of drug-likeness (QED) is 0.409. The van der Waals surface area contributed by atoms with Gasteiger partial charge in [0.2, 0.25) is 0 Å². The molecule has 4 heteroatoms. The van der Waals surface area contributed by atoms with Crippen molar-refractivity contribution in [3.05, 3.63) is 59.4 Å². The van der Waals surface area contributed by atoms with Crippen molar-refractivity contribution in [3.8, 4) is 0 Å². The third-order valence-electron chi connectivity index (χ3n) is 2.36. The Morgan fingerprint density at radius 2 is 1.94 bits per heavy atom. The van der Waals surface area contributed by atoms with Gasteiger partial charge in [-0.05, 0) is 17.7 Å². The maximum atomic E-state index is 11.2. The SMILES string of the molecule is NNC(=O)c1ccc(Cc2ccccc2)[nH]1. The third kappa shape index (κ3) is 2.29. The fraction of sp³-hybridized carbons (Fsp3) is 0.0833. The van der Waals surface area contributed by atoms with Gasteiger partial charge in [-0.1, -0.05) is 30.3 Å². The lowest BCUT2D eigenvalue weighted by molar-refractivity contribution is 0.0949. The topological polar surface area (TPSA) is 70.9 Å². The highest BCUT2D eigenvalue weighted by Gasteiger charge is 2.06. The molecule has 4 nitrogen and oxygen atoms in total. The molecule has 16 heavy (non-hydrogen) atoms. The number of hydrogen-bond donors (Lipinski definition) is 3. The zero-order chi connectivity index (χ0) is 11.4. The van der Waals surface area contributed by atoms with Crippen molar-refractivity contribution < 1.29 is 4.79 Å². The van der Waals surface area contributed by atoms with Crippen molar-refractivity contribution in [2.45, 2.75) is 6.42 Å². The maximum absolute atomic E-state index is 11.2. The van der Waals surface area contributed by atoms with E-state index in [1.807, 2.05) is 36.4 Å². The number of hydrogen-bond acceptors (Lipinski definition) is 2. The zero-order valence-corrected chi connectivity index (χ0v) is 8.73. The van der Waals surface area contributed by atoms with E-state index in [2.05, 4.69) is 10.4 Å². The number of nitrogens with two attached hydrogens (primary N) is 1. The summed E-state index contributed by atoms with van der Waals surface area (Å²) in [7, 11) is 0. The molecule has 0 bridgehead atoms. The van der Waals surface area contributed by atoms with Crippen LogP contribution in [0.2, 0.25) is 0 Å². The van der Waals surface area contributed by atoms with Crippen LogP contribution >= 0.6 is 0 Å². The van der Waals surface area contributed by atoms with Crippen molar-refractivity contribution >= 4 is 5.91 Å². The first-order valence-corrected chi connectivity index (χ1v) is 5.02. The van der Waals surface area contributed by atoms with Crippen molar-refractivity contribution in [1.82, 2.24) is 10.4 Å². The fourth-order valence-corrected chi connectivity index (χ4v) is 1.57. The van der Waals surface area contributed by atoms with E-state index < -0.39 is 0 Å². The molecule has 0 saturated heterocycles. The Labute approximate surface area is 93.4 Å². The van der Waals surface area contributed by atoms with E-state index in [-0.39, 0.29) is 5.91 Å². The van der Waals surface area contributed by atoms with Gasteiger partial charge in [0.1, 0.15) is 5.69 Å². The minimum absolute atomic E-state index is 0.306. The molecule has 1 aromatic heterocycles. The Hall–Kier alpha value is -2.07. The Kier molecular flexibility index (Phi) is 3.03. The monoisotopic (exact) mass is 215 g/mol. The number of H-pyrrole nitrogens is 1. The number of carbonyl (C=O) groups is 1. The van der Waals surface area contributed by atoms with Gasteiger partial charge in [-0.2, -0.15) is 0 Å². The van der Waals surface area contributed by atoms with Crippen molar-refractivity contribution in [1.29, 1.82) is 0 Å². The fourth-order valence-electron chi connectivity index (χ4n) is 1.57. The maximum Gasteiger partial charge on any atom is 0.281 e. The molecule has 1 amide bonds. The highest BCUT2D eigenvalue weighted by molar-refractivity contribution is 5.92. The van der Waals surface area contributed by atoms with Gasteiger partial charge in [0.25, 0.3) is 5.91 Å². The second kappa shape index (κ2) is 4.63. The summed E-state index contributed by atoms with van der Waals surface area (Å²) in [5.41, 5.74) is 4.76. The molecule has 1 heterocycles. The summed E-state index contributed by atoms with van der Waals surface area (Å²) in [5.74, 6) is 4.74. The van der Waals surface area contributed by atoms with Gasteiger partial charge in [-0.25, -0.2) is 5.84 Å². The van der Waals surface area contributed by atoms with Crippen LogP contribution in [-0.4, -0.2) is 10.9 Å². The van der Waals surface area contributed by atoms with Gasteiger partial charge in [0, 0.05) is 12.1 Å². The number of aromatic amines is 1. The molecule has 1 aromatic carbocycles. The molecule has 0 saturated carbocycles. The highest BCUT2D eigenvalue weighted by atomic mass is 16.2. The van der Waals surface area contributed by atoms with Gasteiger partial charge >= 0.3 is 0 Å². The first kappa shape index (κ1) is 10.4. The van der Waals surface area contributed by atoms with Crippen LogP contribution in [0, 0.1) is 0 Å². The molecule has 0 aliphatic rings. The number of nitrogens with one attached hydrogen (secondary N) is 2. The van der Waals surface area contributed by atoms with Crippen LogP contribution in [0.5, 0.6) is 0 Å². The van der Waals surface area contributed by atoms with Crippen LogP contribution < -0.4 is 11.3 Å². The predicted octanol–water partition coefficient (Wildman–Crippen LogP) is 1.21. The minimum Gasteiger partial charge on any atom is -0.354 e. The van der Waals surface area contributed by atoms with Crippen LogP contribution in [-0.2, 0) is 6.42 Å². The Bertz CT molecular complexity index is 476. The largest absolute Gasteiger partial charge is 0.354 e. The van der Waals surface area contributed by atoms with Crippen LogP contribution in [0.1, 0.15) is 21.7 Å². The van der Waals surface area contributed by atoms with E-state index in [0.29, 0.717) is 5.69 Å². The van der Waals surface area contributed by atoms with E-state index in [1.54, 1.807) is 6.07 Å². The Balaban J connectivity index is 2.12. The highest BCUT2D eigenvalue weighted by Crippen LogP contribution is 2.09. The lowest BCUT2D eigenvalue weighted by Gasteiger charge is -1.98. The lowest BCUT2D eigenvalue weighted by Crippen LogP contribution is -2.30. The summed E-state index contributed by atoms with van der Waals surface area (Å²) < 4.78 is 0. The summed E-state index contributed by atoms with van der Waals surface area (Å²) in [4.78, 5) is 14.2. The van der Waals surface area contributed by atoms with E-state index in [4.69, 9.17) is 5.84 Å².